The highest BCUT2D eigenvalue weighted by Gasteiger charge is 2.59. The van der Waals surface area contributed by atoms with E-state index in [-0.39, 0.29) is 5.60 Å². The lowest BCUT2D eigenvalue weighted by Gasteiger charge is -2.29. The minimum absolute atomic E-state index is 0.100. The highest BCUT2D eigenvalue weighted by atomic mass is 28.4. The number of rotatable bonds is 4. The van der Waals surface area contributed by atoms with Crippen LogP contribution in [0.3, 0.4) is 0 Å². The normalized spacial score (nSPS) is 24.9. The predicted octanol–water partition coefficient (Wildman–Crippen LogP) is 5.23. The SMILES string of the molecule is Cc1ccccc1C1(O[Si](C)(C)C)CC1c1ccccc1. The lowest BCUT2D eigenvalue weighted by Crippen LogP contribution is -2.33. The van der Waals surface area contributed by atoms with Crippen LogP contribution in [0.1, 0.15) is 29.0 Å². The molecule has 0 radical (unpaired) electrons. The molecule has 0 spiro atoms. The molecule has 2 aromatic rings. The molecule has 0 bridgehead atoms. The van der Waals surface area contributed by atoms with Gasteiger partial charge in [-0.25, -0.2) is 0 Å². The molecule has 0 aliphatic heterocycles. The van der Waals surface area contributed by atoms with Crippen LogP contribution in [0.25, 0.3) is 0 Å². The van der Waals surface area contributed by atoms with Gasteiger partial charge in [0.15, 0.2) is 8.32 Å². The van der Waals surface area contributed by atoms with Gasteiger partial charge in [0, 0.05) is 5.92 Å². The summed E-state index contributed by atoms with van der Waals surface area (Å²) in [6.45, 7) is 9.05. The van der Waals surface area contributed by atoms with Crippen molar-refractivity contribution in [3.05, 3.63) is 71.3 Å². The van der Waals surface area contributed by atoms with E-state index in [0.29, 0.717) is 5.92 Å². The van der Waals surface area contributed by atoms with E-state index in [0.717, 1.165) is 6.42 Å². The van der Waals surface area contributed by atoms with Gasteiger partial charge in [-0.15, -0.1) is 0 Å². The zero-order valence-corrected chi connectivity index (χ0v) is 14.4. The van der Waals surface area contributed by atoms with Crippen LogP contribution in [-0.4, -0.2) is 8.32 Å². The van der Waals surface area contributed by atoms with E-state index in [1.165, 1.54) is 16.7 Å². The summed E-state index contributed by atoms with van der Waals surface area (Å²) in [5, 5.41) is 0. The molecule has 3 rings (SSSR count). The molecule has 1 aliphatic carbocycles. The number of aryl methyl sites for hydroxylation is 1. The lowest BCUT2D eigenvalue weighted by atomic mass is 9.97. The highest BCUT2D eigenvalue weighted by Crippen LogP contribution is 2.62. The second-order valence-corrected chi connectivity index (χ2v) is 11.5. The maximum atomic E-state index is 6.71. The van der Waals surface area contributed by atoms with Gasteiger partial charge in [-0.2, -0.15) is 0 Å². The van der Waals surface area contributed by atoms with E-state index < -0.39 is 8.32 Å². The first kappa shape index (κ1) is 14.5. The van der Waals surface area contributed by atoms with Crippen molar-refractivity contribution in [3.8, 4) is 0 Å². The van der Waals surface area contributed by atoms with Gasteiger partial charge in [0.05, 0.1) is 5.60 Å². The zero-order chi connectivity index (χ0) is 15.1. The molecule has 1 aliphatic rings. The van der Waals surface area contributed by atoms with Gasteiger partial charge in [-0.05, 0) is 49.7 Å². The number of hydrogen-bond acceptors (Lipinski definition) is 1. The maximum Gasteiger partial charge on any atom is 0.185 e. The van der Waals surface area contributed by atoms with Gasteiger partial charge in [0.25, 0.3) is 0 Å². The second-order valence-electron chi connectivity index (χ2n) is 7.09. The lowest BCUT2D eigenvalue weighted by molar-refractivity contribution is 0.164. The van der Waals surface area contributed by atoms with Crippen molar-refractivity contribution in [2.45, 2.75) is 44.5 Å². The Bertz CT molecular complexity index is 630. The molecule has 2 heteroatoms. The Balaban J connectivity index is 2.02. The fraction of sp³-hybridized carbons (Fsp3) is 0.368. The van der Waals surface area contributed by atoms with Crippen LogP contribution in [-0.2, 0) is 10.0 Å². The summed E-state index contributed by atoms with van der Waals surface area (Å²) in [5.74, 6) is 0.492. The summed E-state index contributed by atoms with van der Waals surface area (Å²) in [5.41, 5.74) is 4.02. The first-order valence-electron chi connectivity index (χ1n) is 7.74. The second kappa shape index (κ2) is 5.11. The minimum Gasteiger partial charge on any atom is -0.407 e. The fourth-order valence-electron chi connectivity index (χ4n) is 3.38. The molecule has 2 atom stereocenters. The van der Waals surface area contributed by atoms with E-state index in [4.69, 9.17) is 4.43 Å². The third-order valence-electron chi connectivity index (χ3n) is 4.20. The van der Waals surface area contributed by atoms with Crippen LogP contribution in [0.4, 0.5) is 0 Å². The van der Waals surface area contributed by atoms with Crippen LogP contribution in [0.5, 0.6) is 0 Å². The Labute approximate surface area is 129 Å². The fourth-order valence-corrected chi connectivity index (χ4v) is 4.80. The zero-order valence-electron chi connectivity index (χ0n) is 13.4. The Kier molecular flexibility index (Phi) is 3.54. The summed E-state index contributed by atoms with van der Waals surface area (Å²) in [6, 6.07) is 19.5. The molecule has 0 amide bonds. The van der Waals surface area contributed by atoms with E-state index in [1.807, 2.05) is 0 Å². The van der Waals surface area contributed by atoms with Crippen molar-refractivity contribution in [1.82, 2.24) is 0 Å². The summed E-state index contributed by atoms with van der Waals surface area (Å²) in [6.07, 6.45) is 1.10. The largest absolute Gasteiger partial charge is 0.407 e. The molecule has 0 heterocycles. The Hall–Kier alpha value is -1.38. The van der Waals surface area contributed by atoms with Crippen LogP contribution in [0.2, 0.25) is 19.6 Å². The van der Waals surface area contributed by atoms with Crippen LogP contribution < -0.4 is 0 Å². The van der Waals surface area contributed by atoms with Crippen molar-refractivity contribution in [1.29, 1.82) is 0 Å². The Morgan fingerprint density at radius 3 is 2.19 bits per heavy atom. The van der Waals surface area contributed by atoms with Crippen molar-refractivity contribution < 1.29 is 4.43 Å². The average Bonchev–Trinajstić information content (AvgIpc) is 3.13. The monoisotopic (exact) mass is 296 g/mol. The molecule has 1 nitrogen and oxygen atoms in total. The van der Waals surface area contributed by atoms with Gasteiger partial charge >= 0.3 is 0 Å². The molecule has 110 valence electrons. The van der Waals surface area contributed by atoms with Gasteiger partial charge in [-0.3, -0.25) is 0 Å². The van der Waals surface area contributed by atoms with E-state index in [1.54, 1.807) is 0 Å². The van der Waals surface area contributed by atoms with E-state index in [9.17, 15) is 0 Å². The molecule has 2 aromatic carbocycles. The van der Waals surface area contributed by atoms with E-state index in [2.05, 4.69) is 81.2 Å². The summed E-state index contributed by atoms with van der Waals surface area (Å²) < 4.78 is 6.71. The highest BCUT2D eigenvalue weighted by molar-refractivity contribution is 6.69. The van der Waals surface area contributed by atoms with Gasteiger partial charge in [0.1, 0.15) is 0 Å². The molecule has 1 saturated carbocycles. The number of hydrogen-bond donors (Lipinski definition) is 0. The molecule has 0 saturated heterocycles. The maximum absolute atomic E-state index is 6.71. The minimum atomic E-state index is -1.61. The average molecular weight is 296 g/mol. The molecule has 2 unspecified atom stereocenters. The van der Waals surface area contributed by atoms with Crippen molar-refractivity contribution >= 4 is 8.32 Å². The van der Waals surface area contributed by atoms with Crippen molar-refractivity contribution in [2.24, 2.45) is 0 Å². The first-order valence-corrected chi connectivity index (χ1v) is 11.1. The van der Waals surface area contributed by atoms with Gasteiger partial charge in [0.2, 0.25) is 0 Å². The smallest absolute Gasteiger partial charge is 0.185 e. The molecule has 0 N–H and O–H groups in total. The third-order valence-corrected chi connectivity index (χ3v) is 5.18. The Morgan fingerprint density at radius 2 is 1.57 bits per heavy atom. The van der Waals surface area contributed by atoms with Crippen LogP contribution in [0.15, 0.2) is 54.6 Å². The topological polar surface area (TPSA) is 9.23 Å². The van der Waals surface area contributed by atoms with Crippen LogP contribution >= 0.6 is 0 Å². The predicted molar refractivity (Wildman–Crippen MR) is 91.1 cm³/mol. The third kappa shape index (κ3) is 2.83. The molecule has 0 aromatic heterocycles. The standard InChI is InChI=1S/C19H24OSi/c1-15-10-8-9-13-17(15)19(20-21(2,3)4)14-18(19)16-11-6-5-7-12-16/h5-13,18H,14H2,1-4H3. The van der Waals surface area contributed by atoms with E-state index >= 15 is 0 Å². The van der Waals surface area contributed by atoms with Crippen molar-refractivity contribution in [2.75, 3.05) is 0 Å². The molecule has 21 heavy (non-hydrogen) atoms. The number of benzene rings is 2. The van der Waals surface area contributed by atoms with Gasteiger partial charge in [-0.1, -0.05) is 54.6 Å². The van der Waals surface area contributed by atoms with Crippen molar-refractivity contribution in [3.63, 3.8) is 0 Å². The van der Waals surface area contributed by atoms with Crippen LogP contribution in [0, 0.1) is 6.92 Å². The molecular formula is C19H24OSi. The Morgan fingerprint density at radius 1 is 0.952 bits per heavy atom. The molecular weight excluding hydrogens is 272 g/mol. The molecule has 1 fully saturated rings. The summed E-state index contributed by atoms with van der Waals surface area (Å²) in [7, 11) is -1.61. The summed E-state index contributed by atoms with van der Waals surface area (Å²) in [4.78, 5) is 0. The van der Waals surface area contributed by atoms with Gasteiger partial charge < -0.3 is 4.43 Å². The first-order chi connectivity index (χ1) is 9.92. The summed E-state index contributed by atoms with van der Waals surface area (Å²) >= 11 is 0. The quantitative estimate of drug-likeness (QED) is 0.702.